The van der Waals surface area contributed by atoms with Gasteiger partial charge in [-0.1, -0.05) is 24.3 Å². The largest absolute Gasteiger partial charge is 0.469 e. The van der Waals surface area contributed by atoms with E-state index in [0.717, 1.165) is 25.3 Å². The van der Waals surface area contributed by atoms with Gasteiger partial charge in [-0.3, -0.25) is 4.90 Å². The fraction of sp³-hybridized carbons (Fsp3) is 0.375. The minimum absolute atomic E-state index is 0.707. The van der Waals surface area contributed by atoms with Gasteiger partial charge in [0.1, 0.15) is 5.76 Å². The number of benzene rings is 1. The van der Waals surface area contributed by atoms with Crippen molar-refractivity contribution < 1.29 is 4.42 Å². The van der Waals surface area contributed by atoms with Crippen molar-refractivity contribution in [1.82, 2.24) is 4.90 Å². The molecule has 0 amide bonds. The Morgan fingerprint density at radius 3 is 2.32 bits per heavy atom. The molecule has 0 aliphatic rings. The van der Waals surface area contributed by atoms with Crippen LogP contribution in [0.15, 0.2) is 41.0 Å². The molecule has 0 bridgehead atoms. The first kappa shape index (κ1) is 13.8. The molecule has 0 spiro atoms. The second kappa shape index (κ2) is 6.55. The van der Waals surface area contributed by atoms with Gasteiger partial charge in [0.2, 0.25) is 0 Å². The summed E-state index contributed by atoms with van der Waals surface area (Å²) < 4.78 is 5.32. The Morgan fingerprint density at radius 1 is 1.05 bits per heavy atom. The van der Waals surface area contributed by atoms with Crippen LogP contribution in [0.2, 0.25) is 0 Å². The molecule has 1 heterocycles. The van der Waals surface area contributed by atoms with Gasteiger partial charge in [-0.05, 0) is 44.1 Å². The normalized spacial score (nSPS) is 11.2. The summed E-state index contributed by atoms with van der Waals surface area (Å²) in [5.74, 6) is 1.00. The molecule has 0 saturated carbocycles. The van der Waals surface area contributed by atoms with Crippen LogP contribution in [0.4, 0.5) is 0 Å². The van der Waals surface area contributed by atoms with Crippen LogP contribution in [0.5, 0.6) is 0 Å². The van der Waals surface area contributed by atoms with Gasteiger partial charge in [0.05, 0.1) is 6.26 Å². The molecular weight excluding hydrogens is 236 g/mol. The number of hydrogen-bond acceptors (Lipinski definition) is 3. The molecule has 1 aromatic heterocycles. The molecule has 0 saturated heterocycles. The van der Waals surface area contributed by atoms with Crippen LogP contribution in [-0.4, -0.2) is 18.5 Å². The average molecular weight is 258 g/mol. The fourth-order valence-corrected chi connectivity index (χ4v) is 2.21. The highest BCUT2D eigenvalue weighted by atomic mass is 16.3. The van der Waals surface area contributed by atoms with Crippen LogP contribution >= 0.6 is 0 Å². The third-order valence-corrected chi connectivity index (χ3v) is 3.31. The molecule has 0 aliphatic carbocycles. The van der Waals surface area contributed by atoms with E-state index in [2.05, 4.69) is 36.2 Å². The lowest BCUT2D eigenvalue weighted by Gasteiger charge is -2.16. The van der Waals surface area contributed by atoms with Gasteiger partial charge in [0.15, 0.2) is 0 Å². The Hall–Kier alpha value is -1.58. The zero-order valence-corrected chi connectivity index (χ0v) is 11.7. The van der Waals surface area contributed by atoms with Crippen molar-refractivity contribution >= 4 is 0 Å². The van der Waals surface area contributed by atoms with Crippen molar-refractivity contribution in [2.45, 2.75) is 26.4 Å². The molecule has 19 heavy (non-hydrogen) atoms. The number of rotatable bonds is 6. The van der Waals surface area contributed by atoms with Crippen molar-refractivity contribution in [3.8, 4) is 0 Å². The number of hydrogen-bond donors (Lipinski definition) is 1. The lowest BCUT2D eigenvalue weighted by Crippen LogP contribution is -2.17. The second-order valence-corrected chi connectivity index (χ2v) is 5.03. The van der Waals surface area contributed by atoms with E-state index in [1.807, 2.05) is 13.0 Å². The minimum Gasteiger partial charge on any atom is -0.469 e. The first-order valence-corrected chi connectivity index (χ1v) is 6.68. The SMILES string of the molecule is Cc1occc1CN(C)Cc1ccc(CCN)cc1. The van der Waals surface area contributed by atoms with Crippen molar-refractivity contribution in [3.05, 3.63) is 59.0 Å². The maximum Gasteiger partial charge on any atom is 0.105 e. The fourth-order valence-electron chi connectivity index (χ4n) is 2.21. The Balaban J connectivity index is 1.91. The molecule has 0 fully saturated rings. The summed E-state index contributed by atoms with van der Waals surface area (Å²) in [6.07, 6.45) is 2.70. The Morgan fingerprint density at radius 2 is 1.74 bits per heavy atom. The van der Waals surface area contributed by atoms with E-state index in [0.29, 0.717) is 6.54 Å². The minimum atomic E-state index is 0.707. The summed E-state index contributed by atoms with van der Waals surface area (Å²) in [5.41, 5.74) is 9.43. The molecule has 2 rings (SSSR count). The Labute approximate surface area is 115 Å². The zero-order valence-electron chi connectivity index (χ0n) is 11.7. The summed E-state index contributed by atoms with van der Waals surface area (Å²) in [4.78, 5) is 2.29. The van der Waals surface area contributed by atoms with Crippen LogP contribution < -0.4 is 5.73 Å². The lowest BCUT2D eigenvalue weighted by molar-refractivity contribution is 0.316. The van der Waals surface area contributed by atoms with Crippen molar-refractivity contribution in [3.63, 3.8) is 0 Å². The van der Waals surface area contributed by atoms with Crippen LogP contribution in [0.1, 0.15) is 22.5 Å². The highest BCUT2D eigenvalue weighted by Crippen LogP contribution is 2.13. The van der Waals surface area contributed by atoms with Gasteiger partial charge in [0, 0.05) is 18.7 Å². The number of aryl methyl sites for hydroxylation is 1. The first-order valence-electron chi connectivity index (χ1n) is 6.68. The number of nitrogens with two attached hydrogens (primary N) is 1. The highest BCUT2D eigenvalue weighted by Gasteiger charge is 2.06. The van der Waals surface area contributed by atoms with E-state index >= 15 is 0 Å². The first-order chi connectivity index (χ1) is 9.19. The molecule has 3 nitrogen and oxygen atoms in total. The molecule has 2 N–H and O–H groups in total. The topological polar surface area (TPSA) is 42.4 Å². The van der Waals surface area contributed by atoms with Gasteiger partial charge < -0.3 is 10.2 Å². The smallest absolute Gasteiger partial charge is 0.105 e. The van der Waals surface area contributed by atoms with Crippen LogP contribution in [0, 0.1) is 6.92 Å². The highest BCUT2D eigenvalue weighted by molar-refractivity contribution is 5.23. The van der Waals surface area contributed by atoms with Crippen LogP contribution in [-0.2, 0) is 19.5 Å². The van der Waals surface area contributed by atoms with Crippen molar-refractivity contribution in [2.75, 3.05) is 13.6 Å². The monoisotopic (exact) mass is 258 g/mol. The molecule has 2 aromatic rings. The molecule has 0 aliphatic heterocycles. The summed E-state index contributed by atoms with van der Waals surface area (Å²) in [7, 11) is 2.13. The Bertz CT molecular complexity index is 502. The summed E-state index contributed by atoms with van der Waals surface area (Å²) in [6.45, 7) is 4.56. The third-order valence-electron chi connectivity index (χ3n) is 3.31. The van der Waals surface area contributed by atoms with Gasteiger partial charge in [-0.25, -0.2) is 0 Å². The molecule has 0 atom stereocenters. The maximum atomic E-state index is 5.55. The maximum absolute atomic E-state index is 5.55. The van der Waals surface area contributed by atoms with Gasteiger partial charge >= 0.3 is 0 Å². The predicted octanol–water partition coefficient (Wildman–Crippen LogP) is 2.72. The van der Waals surface area contributed by atoms with Crippen molar-refractivity contribution in [2.24, 2.45) is 5.73 Å². The van der Waals surface area contributed by atoms with E-state index in [1.165, 1.54) is 16.7 Å². The molecule has 0 radical (unpaired) electrons. The Kier molecular flexibility index (Phi) is 4.77. The number of nitrogens with zero attached hydrogens (tertiary/aromatic N) is 1. The van der Waals surface area contributed by atoms with Crippen molar-refractivity contribution in [1.29, 1.82) is 0 Å². The van der Waals surface area contributed by atoms with E-state index in [-0.39, 0.29) is 0 Å². The standard InChI is InChI=1S/C16H22N2O/c1-13-16(8-10-19-13)12-18(2)11-15-5-3-14(4-6-15)7-9-17/h3-6,8,10H,7,9,11-12,17H2,1-2H3. The van der Waals surface area contributed by atoms with E-state index in [9.17, 15) is 0 Å². The molecule has 1 aromatic carbocycles. The predicted molar refractivity (Wildman–Crippen MR) is 77.8 cm³/mol. The van der Waals surface area contributed by atoms with Crippen LogP contribution in [0.25, 0.3) is 0 Å². The quantitative estimate of drug-likeness (QED) is 0.866. The molecule has 3 heteroatoms. The summed E-state index contributed by atoms with van der Waals surface area (Å²) >= 11 is 0. The second-order valence-electron chi connectivity index (χ2n) is 5.03. The van der Waals surface area contributed by atoms with Gasteiger partial charge in [-0.15, -0.1) is 0 Å². The molecular formula is C16H22N2O. The third kappa shape index (κ3) is 3.94. The van der Waals surface area contributed by atoms with Crippen LogP contribution in [0.3, 0.4) is 0 Å². The average Bonchev–Trinajstić information content (AvgIpc) is 2.78. The lowest BCUT2D eigenvalue weighted by atomic mass is 10.1. The zero-order chi connectivity index (χ0) is 13.7. The van der Waals surface area contributed by atoms with E-state index < -0.39 is 0 Å². The van der Waals surface area contributed by atoms with Gasteiger partial charge in [-0.2, -0.15) is 0 Å². The van der Waals surface area contributed by atoms with Gasteiger partial charge in [0.25, 0.3) is 0 Å². The summed E-state index contributed by atoms with van der Waals surface area (Å²) in [5, 5.41) is 0. The summed E-state index contributed by atoms with van der Waals surface area (Å²) in [6, 6.07) is 10.7. The molecule has 102 valence electrons. The molecule has 0 unspecified atom stereocenters. The van der Waals surface area contributed by atoms with E-state index in [4.69, 9.17) is 10.2 Å². The van der Waals surface area contributed by atoms with E-state index in [1.54, 1.807) is 6.26 Å². The number of furan rings is 1.